The van der Waals surface area contributed by atoms with E-state index in [0.29, 0.717) is 23.0 Å². The Labute approximate surface area is 217 Å². The number of rotatable bonds is 7. The van der Waals surface area contributed by atoms with Gasteiger partial charge in [-0.05, 0) is 48.1 Å². The van der Waals surface area contributed by atoms with Crippen LogP contribution in [0.5, 0.6) is 5.75 Å². The van der Waals surface area contributed by atoms with Crippen molar-refractivity contribution in [2.45, 2.75) is 17.5 Å². The fourth-order valence-electron chi connectivity index (χ4n) is 4.50. The fourth-order valence-corrected chi connectivity index (χ4v) is 5.38. The van der Waals surface area contributed by atoms with Gasteiger partial charge in [-0.1, -0.05) is 23.7 Å². The standard InChI is InChI=1S/C25H25N7O4S/c33-19-5-2-1-4-17(19)25(34)29-28-21-18-14-15(37-13-3-8-32-9-11-35-12-10-32)6-7-16(18)20-22(21)27-24-23(26-20)30-36-31-24/h1-2,4-7,14,23,30,33H,3,8-13H2,(H,29,34)/b28-21-. The maximum Gasteiger partial charge on any atom is 0.275 e. The molecule has 0 saturated carbocycles. The molecule has 1 aliphatic carbocycles. The number of benzene rings is 2. The number of amides is 1. The molecule has 1 saturated heterocycles. The summed E-state index contributed by atoms with van der Waals surface area (Å²) >= 11 is 1.78. The van der Waals surface area contributed by atoms with Gasteiger partial charge in [-0.15, -0.1) is 11.8 Å². The van der Waals surface area contributed by atoms with E-state index < -0.39 is 12.1 Å². The summed E-state index contributed by atoms with van der Waals surface area (Å²) in [5.74, 6) is 0.730. The number of hydroxylamine groups is 1. The number of hydrazone groups is 1. The van der Waals surface area contributed by atoms with Gasteiger partial charge < -0.3 is 9.84 Å². The first-order chi connectivity index (χ1) is 18.2. The summed E-state index contributed by atoms with van der Waals surface area (Å²) in [4.78, 5) is 30.5. The number of carbonyl (C=O) groups is 1. The largest absolute Gasteiger partial charge is 0.507 e. The highest BCUT2D eigenvalue weighted by Crippen LogP contribution is 2.30. The number of amidine groups is 1. The van der Waals surface area contributed by atoms with E-state index in [1.54, 1.807) is 23.9 Å². The van der Waals surface area contributed by atoms with Gasteiger partial charge in [0.2, 0.25) is 5.84 Å². The topological polar surface area (TPSA) is 132 Å². The Morgan fingerprint density at radius 3 is 2.92 bits per heavy atom. The highest BCUT2D eigenvalue weighted by molar-refractivity contribution is 7.99. The van der Waals surface area contributed by atoms with Crippen molar-refractivity contribution in [1.82, 2.24) is 15.8 Å². The third kappa shape index (κ3) is 4.88. The minimum atomic E-state index is -0.524. The molecule has 11 nitrogen and oxygen atoms in total. The van der Waals surface area contributed by atoms with Gasteiger partial charge >= 0.3 is 0 Å². The SMILES string of the molecule is O=C(N/N=C1\C2=NC3=NONC3N=C2c2ccc(SCCCN3CCOCC3)cc21)c1ccccc1O. The zero-order chi connectivity index (χ0) is 25.2. The Balaban J connectivity index is 1.24. The molecule has 1 amide bonds. The van der Waals surface area contributed by atoms with Crippen LogP contribution in [0.3, 0.4) is 0 Å². The maximum absolute atomic E-state index is 12.7. The number of nitrogens with zero attached hydrogens (tertiary/aromatic N) is 5. The van der Waals surface area contributed by atoms with Crippen LogP contribution in [-0.2, 0) is 9.68 Å². The molecule has 4 aliphatic rings. The second-order valence-electron chi connectivity index (χ2n) is 8.78. The highest BCUT2D eigenvalue weighted by Gasteiger charge is 2.38. The van der Waals surface area contributed by atoms with Crippen LogP contribution in [0.4, 0.5) is 0 Å². The van der Waals surface area contributed by atoms with E-state index in [4.69, 9.17) is 14.7 Å². The molecular formula is C25H25N7O4S. The smallest absolute Gasteiger partial charge is 0.275 e. The predicted octanol–water partition coefficient (Wildman–Crippen LogP) is 1.77. The number of fused-ring (bicyclic) bond motifs is 4. The molecule has 2 aromatic carbocycles. The van der Waals surface area contributed by atoms with Crippen molar-refractivity contribution in [3.05, 3.63) is 59.2 Å². The van der Waals surface area contributed by atoms with Crippen molar-refractivity contribution in [1.29, 1.82) is 0 Å². The maximum atomic E-state index is 12.7. The number of phenolic OH excluding ortho intramolecular Hbond substituents is 1. The van der Waals surface area contributed by atoms with E-state index in [1.807, 2.05) is 6.07 Å². The van der Waals surface area contributed by atoms with E-state index in [-0.39, 0.29) is 11.3 Å². The van der Waals surface area contributed by atoms with Gasteiger partial charge in [-0.3, -0.25) is 19.6 Å². The summed E-state index contributed by atoms with van der Waals surface area (Å²) < 4.78 is 5.42. The monoisotopic (exact) mass is 519 g/mol. The minimum absolute atomic E-state index is 0.119. The van der Waals surface area contributed by atoms with Gasteiger partial charge in [-0.25, -0.2) is 10.4 Å². The lowest BCUT2D eigenvalue weighted by molar-refractivity contribution is 0.0381. The Kier molecular flexibility index (Phi) is 6.70. The first-order valence-electron chi connectivity index (χ1n) is 12.1. The number of phenols is 1. The quantitative estimate of drug-likeness (QED) is 0.289. The first kappa shape index (κ1) is 23.8. The molecule has 0 aromatic heterocycles. The second kappa shape index (κ2) is 10.4. The molecule has 0 bridgehead atoms. The average molecular weight is 520 g/mol. The molecule has 3 N–H and O–H groups in total. The summed E-state index contributed by atoms with van der Waals surface area (Å²) in [6.45, 7) is 4.66. The van der Waals surface area contributed by atoms with Crippen LogP contribution in [0, 0.1) is 0 Å². The van der Waals surface area contributed by atoms with Gasteiger partial charge in [0.05, 0.1) is 24.5 Å². The fraction of sp³-hybridized carbons (Fsp3) is 0.320. The van der Waals surface area contributed by atoms with Crippen LogP contribution < -0.4 is 10.9 Å². The first-order valence-corrected chi connectivity index (χ1v) is 13.1. The molecule has 3 heterocycles. The molecule has 1 atom stereocenters. The predicted molar refractivity (Wildman–Crippen MR) is 141 cm³/mol. The molecule has 37 heavy (non-hydrogen) atoms. The molecule has 0 radical (unpaired) electrons. The Morgan fingerprint density at radius 1 is 1.19 bits per heavy atom. The summed E-state index contributed by atoms with van der Waals surface area (Å²) in [6, 6.07) is 12.5. The van der Waals surface area contributed by atoms with E-state index in [0.717, 1.165) is 61.0 Å². The summed E-state index contributed by atoms with van der Waals surface area (Å²) in [5, 5.41) is 18.4. The van der Waals surface area contributed by atoms with Crippen molar-refractivity contribution in [3.8, 4) is 5.75 Å². The minimum Gasteiger partial charge on any atom is -0.507 e. The zero-order valence-corrected chi connectivity index (χ0v) is 20.7. The second-order valence-corrected chi connectivity index (χ2v) is 9.95. The number of hydrogen-bond acceptors (Lipinski definition) is 11. The van der Waals surface area contributed by atoms with Crippen molar-refractivity contribution >= 4 is 40.6 Å². The van der Waals surface area contributed by atoms with Gasteiger partial charge in [-0.2, -0.15) is 5.10 Å². The summed E-state index contributed by atoms with van der Waals surface area (Å²) in [5.41, 5.74) is 8.79. The number of nitrogens with one attached hydrogen (secondary N) is 2. The lowest BCUT2D eigenvalue weighted by atomic mass is 10.1. The third-order valence-electron chi connectivity index (χ3n) is 6.39. The van der Waals surface area contributed by atoms with Gasteiger partial charge in [0.1, 0.15) is 17.2 Å². The zero-order valence-electron chi connectivity index (χ0n) is 19.9. The number of hydrogen-bond donors (Lipinski definition) is 3. The number of oxime groups is 1. The molecular weight excluding hydrogens is 494 g/mol. The van der Waals surface area contributed by atoms with Gasteiger partial charge in [0.15, 0.2) is 6.17 Å². The Hall–Kier alpha value is -3.58. The normalized spacial score (nSPS) is 21.4. The Bertz CT molecular complexity index is 1350. The molecule has 6 rings (SSSR count). The van der Waals surface area contributed by atoms with Crippen molar-refractivity contribution in [2.75, 3.05) is 38.6 Å². The number of aromatic hydroxyl groups is 1. The average Bonchev–Trinajstić information content (AvgIpc) is 3.50. The Morgan fingerprint density at radius 2 is 2.05 bits per heavy atom. The molecule has 1 fully saturated rings. The van der Waals surface area contributed by atoms with Crippen LogP contribution in [0.25, 0.3) is 0 Å². The summed E-state index contributed by atoms with van der Waals surface area (Å²) in [6.07, 6.45) is 0.586. The summed E-state index contributed by atoms with van der Waals surface area (Å²) in [7, 11) is 0. The van der Waals surface area contributed by atoms with Crippen molar-refractivity contribution in [2.24, 2.45) is 20.2 Å². The number of aliphatic imine (C=N–C) groups is 2. The number of ether oxygens (including phenoxy) is 1. The lowest BCUT2D eigenvalue weighted by Gasteiger charge is -2.26. The lowest BCUT2D eigenvalue weighted by Crippen LogP contribution is -2.36. The number of thioether (sulfide) groups is 1. The molecule has 1 unspecified atom stereocenters. The van der Waals surface area contributed by atoms with E-state index in [2.05, 4.69) is 43.2 Å². The van der Waals surface area contributed by atoms with Crippen LogP contribution in [0.1, 0.15) is 27.9 Å². The van der Waals surface area contributed by atoms with Crippen LogP contribution in [0.15, 0.2) is 67.6 Å². The molecule has 3 aliphatic heterocycles. The third-order valence-corrected chi connectivity index (χ3v) is 7.47. The molecule has 0 spiro atoms. The molecule has 12 heteroatoms. The van der Waals surface area contributed by atoms with Crippen LogP contribution >= 0.6 is 11.8 Å². The van der Waals surface area contributed by atoms with Crippen molar-refractivity contribution < 1.29 is 19.6 Å². The number of para-hydroxylation sites is 1. The van der Waals surface area contributed by atoms with Crippen molar-refractivity contribution in [3.63, 3.8) is 0 Å². The molecule has 2 aromatic rings. The van der Waals surface area contributed by atoms with E-state index >= 15 is 0 Å². The van der Waals surface area contributed by atoms with Crippen LogP contribution in [-0.4, -0.2) is 83.7 Å². The van der Waals surface area contributed by atoms with Gasteiger partial charge in [0.25, 0.3) is 5.91 Å². The van der Waals surface area contributed by atoms with E-state index in [1.165, 1.54) is 12.1 Å². The van der Waals surface area contributed by atoms with Gasteiger partial charge in [0, 0.05) is 29.1 Å². The number of morpholine rings is 1. The van der Waals surface area contributed by atoms with E-state index in [9.17, 15) is 9.90 Å². The molecule has 190 valence electrons. The van der Waals surface area contributed by atoms with Crippen LogP contribution in [0.2, 0.25) is 0 Å². The highest BCUT2D eigenvalue weighted by atomic mass is 32.2. The number of carbonyl (C=O) groups excluding carboxylic acids is 1.